The van der Waals surface area contributed by atoms with Crippen molar-refractivity contribution >= 4 is 23.8 Å². The number of carboxylic acid groups (broad SMARTS) is 1. The summed E-state index contributed by atoms with van der Waals surface area (Å²) in [4.78, 5) is 52.0. The zero-order valence-electron chi connectivity index (χ0n) is 30.9. The van der Waals surface area contributed by atoms with Crippen molar-refractivity contribution in [2.45, 2.75) is 153 Å². The molecule has 4 aliphatic rings. The maximum Gasteiger partial charge on any atom is 0.335 e. The SMILES string of the molecule is C[C@]12CC[C@H](OC(=O)CCCCCCCC(=O)N[C@@H](CCCN=C(N)N)C(=O)O)C[C@H]1CC[C@@H]1[C@@H]2[C@H](O)C[C@]2(C)[C@@H](c3ccc(=O)oc3)CC[C@]12O. The van der Waals surface area contributed by atoms with E-state index in [-0.39, 0.29) is 60.0 Å². The molecule has 4 aliphatic carbocycles. The van der Waals surface area contributed by atoms with Crippen LogP contribution in [0.4, 0.5) is 0 Å². The Morgan fingerprint density at radius 1 is 1.02 bits per heavy atom. The quantitative estimate of drug-likeness (QED) is 0.0614. The molecular weight excluding hydrogens is 668 g/mol. The summed E-state index contributed by atoms with van der Waals surface area (Å²) in [5.74, 6) is -1.36. The molecule has 0 saturated heterocycles. The minimum atomic E-state index is -1.09. The zero-order chi connectivity index (χ0) is 37.7. The van der Waals surface area contributed by atoms with Crippen LogP contribution in [-0.4, -0.2) is 69.5 Å². The van der Waals surface area contributed by atoms with Crippen LogP contribution in [0.15, 0.2) is 32.6 Å². The Labute approximate surface area is 306 Å². The molecule has 5 rings (SSSR count). The molecule has 0 bridgehead atoms. The summed E-state index contributed by atoms with van der Waals surface area (Å²) in [7, 11) is 0. The van der Waals surface area contributed by atoms with E-state index in [1.54, 1.807) is 6.07 Å². The van der Waals surface area contributed by atoms with Gasteiger partial charge in [-0.05, 0) is 118 Å². The molecule has 0 spiro atoms. The van der Waals surface area contributed by atoms with E-state index in [2.05, 4.69) is 24.2 Å². The van der Waals surface area contributed by atoms with E-state index in [0.717, 1.165) is 63.4 Å². The van der Waals surface area contributed by atoms with Crippen molar-refractivity contribution in [3.05, 3.63) is 34.4 Å². The van der Waals surface area contributed by atoms with Crippen LogP contribution in [-0.2, 0) is 19.1 Å². The van der Waals surface area contributed by atoms with Crippen molar-refractivity contribution in [1.29, 1.82) is 0 Å². The molecule has 52 heavy (non-hydrogen) atoms. The number of carbonyl (C=O) groups is 3. The summed E-state index contributed by atoms with van der Waals surface area (Å²) >= 11 is 0. The number of nitrogens with zero attached hydrogens (tertiary/aromatic N) is 1. The Hall–Kier alpha value is -3.45. The monoisotopic (exact) mass is 728 g/mol. The molecule has 0 unspecified atom stereocenters. The van der Waals surface area contributed by atoms with Crippen LogP contribution >= 0.6 is 0 Å². The number of guanidine groups is 1. The van der Waals surface area contributed by atoms with Crippen LogP contribution in [0.2, 0.25) is 0 Å². The topological polar surface area (TPSA) is 228 Å². The average molecular weight is 729 g/mol. The van der Waals surface area contributed by atoms with Crippen molar-refractivity contribution in [2.24, 2.45) is 45.0 Å². The van der Waals surface area contributed by atoms with Gasteiger partial charge in [-0.1, -0.05) is 33.1 Å². The highest BCUT2D eigenvalue weighted by atomic mass is 16.5. The molecule has 1 aromatic rings. The van der Waals surface area contributed by atoms with Gasteiger partial charge >= 0.3 is 17.6 Å². The van der Waals surface area contributed by atoms with Crippen LogP contribution in [0.25, 0.3) is 0 Å². The molecule has 4 fully saturated rings. The third-order valence-electron chi connectivity index (χ3n) is 13.5. The number of fused-ring (bicyclic) bond motifs is 5. The molecular formula is C39H60N4O9. The minimum Gasteiger partial charge on any atom is -0.480 e. The Morgan fingerprint density at radius 3 is 2.44 bits per heavy atom. The van der Waals surface area contributed by atoms with Gasteiger partial charge in [0.2, 0.25) is 5.91 Å². The van der Waals surface area contributed by atoms with E-state index in [9.17, 15) is 34.5 Å². The van der Waals surface area contributed by atoms with Gasteiger partial charge in [0.05, 0.1) is 18.0 Å². The van der Waals surface area contributed by atoms with E-state index in [4.69, 9.17) is 20.6 Å². The lowest BCUT2D eigenvalue weighted by atomic mass is 9.42. The van der Waals surface area contributed by atoms with Crippen LogP contribution in [0, 0.1) is 28.6 Å². The normalized spacial score (nSPS) is 34.2. The number of rotatable bonds is 16. The molecule has 290 valence electrons. The Morgan fingerprint density at radius 2 is 1.75 bits per heavy atom. The van der Waals surface area contributed by atoms with Crippen LogP contribution in [0.1, 0.15) is 134 Å². The lowest BCUT2D eigenvalue weighted by molar-refractivity contribution is -0.240. The molecule has 8 N–H and O–H groups in total. The predicted molar refractivity (Wildman–Crippen MR) is 194 cm³/mol. The second-order valence-electron chi connectivity index (χ2n) is 16.6. The largest absolute Gasteiger partial charge is 0.480 e. The number of aliphatic imine (C=N–C) groups is 1. The number of esters is 1. The molecule has 10 atom stereocenters. The lowest BCUT2D eigenvalue weighted by Gasteiger charge is -2.65. The van der Waals surface area contributed by atoms with Crippen LogP contribution in [0.3, 0.4) is 0 Å². The fraction of sp³-hybridized carbons (Fsp3) is 0.769. The van der Waals surface area contributed by atoms with Gasteiger partial charge in [-0.15, -0.1) is 0 Å². The number of nitrogens with two attached hydrogens (primary N) is 2. The molecule has 1 heterocycles. The summed E-state index contributed by atoms with van der Waals surface area (Å²) in [6, 6.07) is 2.27. The van der Waals surface area contributed by atoms with Gasteiger partial charge in [0.25, 0.3) is 0 Å². The lowest BCUT2D eigenvalue weighted by Crippen LogP contribution is -2.66. The molecule has 1 aromatic heterocycles. The van der Waals surface area contributed by atoms with E-state index in [1.165, 1.54) is 12.3 Å². The number of carboxylic acids is 1. The summed E-state index contributed by atoms with van der Waals surface area (Å²) in [5.41, 5.74) is 9.48. The minimum absolute atomic E-state index is 0.00291. The number of ether oxygens (including phenoxy) is 1. The van der Waals surface area contributed by atoms with Gasteiger partial charge < -0.3 is 41.3 Å². The second kappa shape index (κ2) is 16.7. The van der Waals surface area contributed by atoms with Gasteiger partial charge in [0.1, 0.15) is 12.1 Å². The summed E-state index contributed by atoms with van der Waals surface area (Å²) < 4.78 is 11.2. The van der Waals surface area contributed by atoms with Crippen molar-refractivity contribution in [3.63, 3.8) is 0 Å². The van der Waals surface area contributed by atoms with Gasteiger partial charge in [-0.25, -0.2) is 9.59 Å². The van der Waals surface area contributed by atoms with E-state index in [0.29, 0.717) is 51.0 Å². The molecule has 4 saturated carbocycles. The Balaban J connectivity index is 1.02. The highest BCUT2D eigenvalue weighted by Crippen LogP contribution is 2.70. The van der Waals surface area contributed by atoms with Crippen molar-refractivity contribution in [2.75, 3.05) is 6.54 Å². The molecule has 13 nitrogen and oxygen atoms in total. The van der Waals surface area contributed by atoms with E-state index < -0.39 is 34.8 Å². The predicted octanol–water partition coefficient (Wildman–Crippen LogP) is 4.12. The fourth-order valence-electron chi connectivity index (χ4n) is 10.9. The first-order chi connectivity index (χ1) is 24.7. The summed E-state index contributed by atoms with van der Waals surface area (Å²) in [5, 5.41) is 36.3. The number of hydrogen-bond acceptors (Lipinski definition) is 9. The highest BCUT2D eigenvalue weighted by Gasteiger charge is 2.69. The second-order valence-corrected chi connectivity index (χ2v) is 16.6. The highest BCUT2D eigenvalue weighted by molar-refractivity contribution is 5.83. The standard InChI is InChI=1S/C39H60N4O9/c1-37-18-16-26(52-33(47)11-7-5-3-4-6-10-31(45)43-29(35(48)49)9-8-20-42-36(40)41)21-25(37)13-14-28-34(37)30(44)22-38(2)27(17-19-39(28,38)50)24-12-15-32(46)51-23-24/h12,15,23,25-30,34,44,50H,3-11,13-14,16-22H2,1-2H3,(H,43,45)(H,48,49)(H4,40,41,42)/t25-,26+,27-,28-,29+,30-,34-,37+,38-,39+/m1/s1. The van der Waals surface area contributed by atoms with Crippen LogP contribution in [0.5, 0.6) is 0 Å². The van der Waals surface area contributed by atoms with Crippen LogP contribution < -0.4 is 22.4 Å². The smallest absolute Gasteiger partial charge is 0.335 e. The Bertz CT molecular complexity index is 1490. The molecule has 13 heteroatoms. The van der Waals surface area contributed by atoms with Gasteiger partial charge in [0.15, 0.2) is 5.96 Å². The van der Waals surface area contributed by atoms with Crippen molar-refractivity contribution < 1.29 is 38.9 Å². The van der Waals surface area contributed by atoms with E-state index >= 15 is 0 Å². The van der Waals surface area contributed by atoms with Gasteiger partial charge in [0, 0.05) is 30.9 Å². The zero-order valence-corrected chi connectivity index (χ0v) is 30.9. The Kier molecular flexibility index (Phi) is 12.8. The first kappa shape index (κ1) is 39.8. The first-order valence-electron chi connectivity index (χ1n) is 19.4. The molecule has 0 aliphatic heterocycles. The molecule has 0 radical (unpaired) electrons. The summed E-state index contributed by atoms with van der Waals surface area (Å²) in [6.45, 7) is 4.70. The number of nitrogens with one attached hydrogen (secondary N) is 1. The number of hydrogen-bond donors (Lipinski definition) is 6. The van der Waals surface area contributed by atoms with Gasteiger partial charge in [-0.2, -0.15) is 0 Å². The van der Waals surface area contributed by atoms with Crippen molar-refractivity contribution in [1.82, 2.24) is 5.32 Å². The maximum absolute atomic E-state index is 12.8. The number of unbranched alkanes of at least 4 members (excludes halogenated alkanes) is 4. The number of carbonyl (C=O) groups excluding carboxylic acids is 2. The third kappa shape index (κ3) is 8.51. The van der Waals surface area contributed by atoms with E-state index in [1.807, 2.05) is 0 Å². The molecule has 0 aromatic carbocycles. The summed E-state index contributed by atoms with van der Waals surface area (Å²) in [6.07, 6.45) is 12.0. The average Bonchev–Trinajstić information content (AvgIpc) is 3.36. The number of amides is 1. The fourth-order valence-corrected chi connectivity index (χ4v) is 10.9. The molecule has 1 amide bonds. The first-order valence-corrected chi connectivity index (χ1v) is 19.4. The van der Waals surface area contributed by atoms with Gasteiger partial charge in [-0.3, -0.25) is 14.6 Å². The van der Waals surface area contributed by atoms with Crippen molar-refractivity contribution in [3.8, 4) is 0 Å². The number of aliphatic carboxylic acids is 1. The third-order valence-corrected chi connectivity index (χ3v) is 13.5. The maximum atomic E-state index is 12.8. The number of aliphatic hydroxyl groups is 2. The number of aliphatic hydroxyl groups excluding tert-OH is 1.